The third kappa shape index (κ3) is 5.50. The number of hydrogen-bond acceptors (Lipinski definition) is 4. The maximum Gasteiger partial charge on any atom is 0.161 e. The first-order valence-electron chi connectivity index (χ1n) is 8.04. The second-order valence-corrected chi connectivity index (χ2v) is 5.35. The van der Waals surface area contributed by atoms with E-state index in [2.05, 4.69) is 0 Å². The highest BCUT2D eigenvalue weighted by atomic mass is 16.5. The van der Waals surface area contributed by atoms with E-state index < -0.39 is 0 Å². The Bertz CT molecular complexity index is 641. The monoisotopic (exact) mass is 328 g/mol. The van der Waals surface area contributed by atoms with Gasteiger partial charge in [-0.3, -0.25) is 5.41 Å². The minimum absolute atomic E-state index is 0.0663. The van der Waals surface area contributed by atoms with Crippen molar-refractivity contribution in [2.75, 3.05) is 20.3 Å². The molecule has 0 bridgehead atoms. The van der Waals surface area contributed by atoms with Gasteiger partial charge in [-0.25, -0.2) is 0 Å². The summed E-state index contributed by atoms with van der Waals surface area (Å²) in [5.41, 5.74) is 6.12. The number of nitrogens with two attached hydrogens (primary N) is 1. The third-order valence-electron chi connectivity index (χ3n) is 3.55. The van der Waals surface area contributed by atoms with E-state index in [9.17, 15) is 0 Å². The largest absolute Gasteiger partial charge is 0.494 e. The zero-order valence-corrected chi connectivity index (χ0v) is 14.0. The normalized spacial score (nSPS) is 10.2. The predicted molar refractivity (Wildman–Crippen MR) is 95.3 cm³/mol. The van der Waals surface area contributed by atoms with E-state index in [0.29, 0.717) is 18.8 Å². The van der Waals surface area contributed by atoms with E-state index >= 15 is 0 Å². The molecule has 0 amide bonds. The van der Waals surface area contributed by atoms with E-state index in [0.717, 1.165) is 36.5 Å². The van der Waals surface area contributed by atoms with Gasteiger partial charge in [-0.1, -0.05) is 12.1 Å². The molecule has 5 heteroatoms. The summed E-state index contributed by atoms with van der Waals surface area (Å²) in [7, 11) is 1.64. The number of hydrogen-bond donors (Lipinski definition) is 2. The second-order valence-electron chi connectivity index (χ2n) is 5.35. The summed E-state index contributed by atoms with van der Waals surface area (Å²) in [5.74, 6) is 2.40. The van der Waals surface area contributed by atoms with Crippen LogP contribution in [0.3, 0.4) is 0 Å². The number of nitrogens with one attached hydrogen (secondary N) is 1. The Kier molecular flexibility index (Phi) is 6.95. The maximum absolute atomic E-state index is 7.34. The number of benzene rings is 2. The average molecular weight is 328 g/mol. The van der Waals surface area contributed by atoms with Crippen molar-refractivity contribution < 1.29 is 14.2 Å². The molecule has 0 heterocycles. The van der Waals surface area contributed by atoms with Crippen LogP contribution in [-0.4, -0.2) is 26.2 Å². The Labute approximate surface area is 142 Å². The molecule has 0 atom stereocenters. The molecule has 0 unspecified atom stereocenters. The van der Waals surface area contributed by atoms with E-state index in [1.807, 2.05) is 36.4 Å². The van der Waals surface area contributed by atoms with Crippen LogP contribution in [0.1, 0.15) is 24.8 Å². The standard InChI is InChI=1S/C19H24N2O3/c1-22-17-7-3-4-8-18(17)24-14-6-2-5-13-23-16-11-9-15(10-12-16)19(20)21/h3-4,7-12H,2,5-6,13-14H2,1H3,(H3,20,21). The number of unbranched alkanes of at least 4 members (excludes halogenated alkanes) is 2. The van der Waals surface area contributed by atoms with E-state index in [1.165, 1.54) is 0 Å². The number of ether oxygens (including phenoxy) is 3. The minimum Gasteiger partial charge on any atom is -0.494 e. The minimum atomic E-state index is 0.0663. The first kappa shape index (κ1) is 17.7. The van der Waals surface area contributed by atoms with Crippen LogP contribution >= 0.6 is 0 Å². The van der Waals surface area contributed by atoms with Crippen LogP contribution in [0.5, 0.6) is 17.2 Å². The Morgan fingerprint density at radius 1 is 0.875 bits per heavy atom. The maximum atomic E-state index is 7.34. The zero-order chi connectivity index (χ0) is 17.2. The van der Waals surface area contributed by atoms with Crippen molar-refractivity contribution in [3.63, 3.8) is 0 Å². The third-order valence-corrected chi connectivity index (χ3v) is 3.55. The summed E-state index contributed by atoms with van der Waals surface area (Å²) >= 11 is 0. The Morgan fingerprint density at radius 2 is 1.50 bits per heavy atom. The molecule has 0 radical (unpaired) electrons. The number of rotatable bonds is 10. The lowest BCUT2D eigenvalue weighted by molar-refractivity contribution is 0.270. The summed E-state index contributed by atoms with van der Waals surface area (Å²) < 4.78 is 16.6. The summed E-state index contributed by atoms with van der Waals surface area (Å²) in [6.45, 7) is 1.32. The molecule has 0 saturated carbocycles. The zero-order valence-electron chi connectivity index (χ0n) is 14.0. The van der Waals surface area contributed by atoms with Crippen LogP contribution in [-0.2, 0) is 0 Å². The molecule has 2 aromatic rings. The topological polar surface area (TPSA) is 77.6 Å². The molecule has 2 aromatic carbocycles. The number of nitrogen functional groups attached to an aromatic ring is 1. The quantitative estimate of drug-likeness (QED) is 0.397. The van der Waals surface area contributed by atoms with Crippen molar-refractivity contribution in [1.29, 1.82) is 5.41 Å². The molecular formula is C19H24N2O3. The van der Waals surface area contributed by atoms with E-state index in [4.69, 9.17) is 25.4 Å². The van der Waals surface area contributed by atoms with Gasteiger partial charge in [0.2, 0.25) is 0 Å². The van der Waals surface area contributed by atoms with Gasteiger partial charge in [0.25, 0.3) is 0 Å². The van der Waals surface area contributed by atoms with Gasteiger partial charge < -0.3 is 19.9 Å². The highest BCUT2D eigenvalue weighted by Gasteiger charge is 2.02. The van der Waals surface area contributed by atoms with Crippen LogP contribution in [0, 0.1) is 5.41 Å². The summed E-state index contributed by atoms with van der Waals surface area (Å²) in [4.78, 5) is 0. The molecule has 2 rings (SSSR count). The van der Waals surface area contributed by atoms with Gasteiger partial charge in [-0.15, -0.1) is 0 Å². The first-order valence-corrected chi connectivity index (χ1v) is 8.04. The van der Waals surface area contributed by atoms with Crippen molar-refractivity contribution in [1.82, 2.24) is 0 Å². The lowest BCUT2D eigenvalue weighted by Crippen LogP contribution is -2.10. The van der Waals surface area contributed by atoms with Gasteiger partial charge >= 0.3 is 0 Å². The molecule has 3 N–H and O–H groups in total. The number of methoxy groups -OCH3 is 1. The van der Waals surface area contributed by atoms with Crippen molar-refractivity contribution in [2.24, 2.45) is 5.73 Å². The SMILES string of the molecule is COc1ccccc1OCCCCCOc1ccc(C(=N)N)cc1. The Hall–Kier alpha value is -2.69. The summed E-state index contributed by atoms with van der Waals surface area (Å²) in [6.07, 6.45) is 2.95. The van der Waals surface area contributed by atoms with Crippen LogP contribution in [0.2, 0.25) is 0 Å². The van der Waals surface area contributed by atoms with Crippen molar-refractivity contribution in [2.45, 2.75) is 19.3 Å². The van der Waals surface area contributed by atoms with E-state index in [1.54, 1.807) is 19.2 Å². The molecule has 0 saturated heterocycles. The van der Waals surface area contributed by atoms with Crippen LogP contribution in [0.15, 0.2) is 48.5 Å². The fraction of sp³-hybridized carbons (Fsp3) is 0.316. The lowest BCUT2D eigenvalue weighted by Gasteiger charge is -2.10. The van der Waals surface area contributed by atoms with Gasteiger partial charge in [0.05, 0.1) is 20.3 Å². The Balaban J connectivity index is 1.59. The van der Waals surface area contributed by atoms with Gasteiger partial charge in [0.1, 0.15) is 11.6 Å². The van der Waals surface area contributed by atoms with Crippen LogP contribution in [0.4, 0.5) is 0 Å². The van der Waals surface area contributed by atoms with Gasteiger partial charge in [-0.2, -0.15) is 0 Å². The molecule has 5 nitrogen and oxygen atoms in total. The first-order chi connectivity index (χ1) is 11.7. The summed E-state index contributed by atoms with van der Waals surface area (Å²) in [5, 5.41) is 7.34. The highest BCUT2D eigenvalue weighted by molar-refractivity contribution is 5.94. The van der Waals surface area contributed by atoms with Crippen molar-refractivity contribution in [3.05, 3.63) is 54.1 Å². The lowest BCUT2D eigenvalue weighted by atomic mass is 10.2. The highest BCUT2D eigenvalue weighted by Crippen LogP contribution is 2.25. The molecule has 0 aromatic heterocycles. The molecular weight excluding hydrogens is 304 g/mol. The fourth-order valence-electron chi connectivity index (χ4n) is 2.22. The molecule has 0 spiro atoms. The van der Waals surface area contributed by atoms with Gasteiger partial charge in [0.15, 0.2) is 11.5 Å². The molecule has 0 fully saturated rings. The van der Waals surface area contributed by atoms with E-state index in [-0.39, 0.29) is 5.84 Å². The smallest absolute Gasteiger partial charge is 0.161 e. The molecule has 128 valence electrons. The van der Waals surface area contributed by atoms with Crippen molar-refractivity contribution >= 4 is 5.84 Å². The predicted octanol–water partition coefficient (Wildman–Crippen LogP) is 3.61. The van der Waals surface area contributed by atoms with Crippen molar-refractivity contribution in [3.8, 4) is 17.2 Å². The fourth-order valence-corrected chi connectivity index (χ4v) is 2.22. The van der Waals surface area contributed by atoms with Gasteiger partial charge in [0, 0.05) is 5.56 Å². The summed E-state index contributed by atoms with van der Waals surface area (Å²) in [6, 6.07) is 14.9. The second kappa shape index (κ2) is 9.45. The molecule has 0 aliphatic carbocycles. The average Bonchev–Trinajstić information content (AvgIpc) is 2.61. The molecule has 0 aliphatic heterocycles. The van der Waals surface area contributed by atoms with Gasteiger partial charge in [-0.05, 0) is 55.7 Å². The number of amidine groups is 1. The van der Waals surface area contributed by atoms with Crippen LogP contribution < -0.4 is 19.9 Å². The van der Waals surface area contributed by atoms with Crippen LogP contribution in [0.25, 0.3) is 0 Å². The Morgan fingerprint density at radius 3 is 2.12 bits per heavy atom. The number of para-hydroxylation sites is 2. The molecule has 0 aliphatic rings. The molecule has 24 heavy (non-hydrogen) atoms.